The number of hydrogen-bond acceptors (Lipinski definition) is 6. The van der Waals surface area contributed by atoms with Crippen LogP contribution >= 0.6 is 77.2 Å². The van der Waals surface area contributed by atoms with E-state index < -0.39 is 12.9 Å². The number of hydrogen-bond donors (Lipinski definition) is 1. The number of halogens is 4. The third-order valence-electron chi connectivity index (χ3n) is 7.79. The van der Waals surface area contributed by atoms with Gasteiger partial charge in [-0.1, -0.05) is 12.1 Å². The van der Waals surface area contributed by atoms with Crippen molar-refractivity contribution in [3.8, 4) is 5.75 Å². The molecule has 6 aromatic rings. The number of allylic oxidation sites excluding steroid dienone is 1. The fourth-order valence-electron chi connectivity index (χ4n) is 6.05. The first-order chi connectivity index (χ1) is 20.7. The Labute approximate surface area is 276 Å². The van der Waals surface area contributed by atoms with E-state index in [1.165, 1.54) is 31.6 Å². The Kier molecular flexibility index (Phi) is 6.77. The zero-order chi connectivity index (χ0) is 29.6. The highest BCUT2D eigenvalue weighted by molar-refractivity contribution is 9.11. The highest BCUT2D eigenvalue weighted by Gasteiger charge is 2.54. The Bertz CT molecular complexity index is 2300. The number of carboxylic acid groups (broad SMARTS) is 1. The summed E-state index contributed by atoms with van der Waals surface area (Å²) in [6.07, 6.45) is 4.26. The van der Waals surface area contributed by atoms with Gasteiger partial charge in [-0.15, -0.1) is 45.3 Å². The third kappa shape index (κ3) is 4.43. The highest BCUT2D eigenvalue weighted by Crippen LogP contribution is 2.48. The molecule has 14 heteroatoms. The fraction of sp³-hybridized carbons (Fsp3) is 0.172. The van der Waals surface area contributed by atoms with Crippen molar-refractivity contribution >= 4 is 131 Å². The number of aliphatic carboxylic acids is 1. The van der Waals surface area contributed by atoms with Crippen LogP contribution in [0.2, 0.25) is 0 Å². The molecule has 0 amide bonds. The molecule has 7 heterocycles. The zero-order valence-electron chi connectivity index (χ0n) is 22.0. The normalized spacial score (nSPS) is 15.4. The largest absolute Gasteiger partial charge is 0.738 e. The number of rotatable bonds is 8. The quantitative estimate of drug-likeness (QED) is 0.124. The van der Waals surface area contributed by atoms with Crippen molar-refractivity contribution in [2.24, 2.45) is 0 Å². The lowest BCUT2D eigenvalue weighted by atomic mass is 9.86. The number of aromatic nitrogens is 1. The van der Waals surface area contributed by atoms with Crippen LogP contribution in [0.4, 0.5) is 8.63 Å². The minimum atomic E-state index is -4.21. The van der Waals surface area contributed by atoms with Gasteiger partial charge in [0.25, 0.3) is 0 Å². The maximum atomic E-state index is 17.1. The Hall–Kier alpha value is -2.36. The van der Waals surface area contributed by atoms with Gasteiger partial charge in [-0.3, -0.25) is 4.79 Å². The molecule has 218 valence electrons. The zero-order valence-corrected chi connectivity index (χ0v) is 28.5. The van der Waals surface area contributed by atoms with Crippen molar-refractivity contribution in [1.29, 1.82) is 0 Å². The standard InChI is InChI=1S/C29H19BBr2F2N2O3S4/c31-22-12-20-28(42-22)26-18(40-20)10-16-25(14-5-7-15(8-6-14)39-9-3-1-2-4-24(37)38)17-11-19-27(36(17)30(33,34)35(16)26)29-21(41-19)13-23(32)43-29/h5-8,10-13H,1-4,9H2,(H,37,38). The monoisotopic (exact) mass is 778 g/mol. The first kappa shape index (κ1) is 28.1. The number of nitrogens with zero attached hydrogens (tertiary/aromatic N) is 2. The minimum absolute atomic E-state index is 0.164. The molecule has 1 N–H and O–H groups in total. The second-order valence-electron chi connectivity index (χ2n) is 10.5. The van der Waals surface area contributed by atoms with Crippen LogP contribution in [0, 0.1) is 0 Å². The second kappa shape index (κ2) is 10.3. The molecule has 0 atom stereocenters. The highest BCUT2D eigenvalue weighted by atomic mass is 79.9. The summed E-state index contributed by atoms with van der Waals surface area (Å²) in [5.41, 5.74) is 3.23. The van der Waals surface area contributed by atoms with E-state index in [0.717, 1.165) is 59.6 Å². The Morgan fingerprint density at radius 1 is 0.930 bits per heavy atom. The predicted octanol–water partition coefficient (Wildman–Crippen LogP) is 8.72. The van der Waals surface area contributed by atoms with Crippen LogP contribution in [-0.4, -0.2) is 29.1 Å². The summed E-state index contributed by atoms with van der Waals surface area (Å²) in [7, 11) is 0. The molecular weight excluding hydrogens is 761 g/mol. The number of benzene rings is 1. The topological polar surface area (TPSA) is 54.5 Å². The molecule has 43 heavy (non-hydrogen) atoms. The minimum Gasteiger partial charge on any atom is -0.494 e. The lowest BCUT2D eigenvalue weighted by Gasteiger charge is -2.31. The first-order valence-corrected chi connectivity index (χ1v) is 18.4. The summed E-state index contributed by atoms with van der Waals surface area (Å²) < 4.78 is 50.0. The molecule has 8 rings (SSSR count). The average Bonchev–Trinajstić information content (AvgIpc) is 3.76. The van der Waals surface area contributed by atoms with E-state index in [9.17, 15) is 4.79 Å². The molecule has 0 radical (unpaired) electrons. The van der Waals surface area contributed by atoms with E-state index in [-0.39, 0.29) is 6.42 Å². The van der Waals surface area contributed by atoms with Crippen LogP contribution in [0.1, 0.15) is 36.9 Å². The molecule has 0 spiro atoms. The van der Waals surface area contributed by atoms with Crippen molar-refractivity contribution in [1.82, 2.24) is 8.96 Å². The van der Waals surface area contributed by atoms with E-state index in [4.69, 9.17) is 9.84 Å². The number of ether oxygens (including phenoxy) is 1. The van der Waals surface area contributed by atoms with Crippen molar-refractivity contribution in [2.75, 3.05) is 6.61 Å². The summed E-state index contributed by atoms with van der Waals surface area (Å²) in [4.78, 5) is 10.7. The average molecular weight is 780 g/mol. The van der Waals surface area contributed by atoms with Gasteiger partial charge in [-0.2, -0.15) is 0 Å². The third-order valence-corrected chi connectivity index (χ3v) is 13.5. The van der Waals surface area contributed by atoms with Crippen LogP contribution in [-0.2, 0) is 4.79 Å². The molecule has 1 aromatic carbocycles. The fourth-order valence-corrected chi connectivity index (χ4v) is 12.4. The van der Waals surface area contributed by atoms with Crippen molar-refractivity contribution in [2.45, 2.75) is 25.7 Å². The van der Waals surface area contributed by atoms with Gasteiger partial charge in [0.2, 0.25) is 0 Å². The van der Waals surface area contributed by atoms with Gasteiger partial charge in [0.05, 0.1) is 33.9 Å². The van der Waals surface area contributed by atoms with E-state index in [1.807, 2.05) is 48.5 Å². The molecule has 0 unspecified atom stereocenters. The van der Waals surface area contributed by atoms with Gasteiger partial charge in [0.1, 0.15) is 15.0 Å². The van der Waals surface area contributed by atoms with Gasteiger partial charge in [0, 0.05) is 28.4 Å². The smallest absolute Gasteiger partial charge is 0.494 e. The maximum absolute atomic E-state index is 17.1. The summed E-state index contributed by atoms with van der Waals surface area (Å²) in [5, 5.41) is 9.39. The Balaban J connectivity index is 1.28. The Morgan fingerprint density at radius 2 is 1.65 bits per heavy atom. The van der Waals surface area contributed by atoms with Crippen molar-refractivity contribution < 1.29 is 23.3 Å². The van der Waals surface area contributed by atoms with Crippen molar-refractivity contribution in [3.63, 3.8) is 0 Å². The molecule has 0 aliphatic carbocycles. The van der Waals surface area contributed by atoms with Gasteiger partial charge in [0.15, 0.2) is 11.1 Å². The molecule has 0 saturated carbocycles. The van der Waals surface area contributed by atoms with Crippen LogP contribution in [0.3, 0.4) is 0 Å². The van der Waals surface area contributed by atoms with Crippen LogP contribution in [0.15, 0.2) is 55.7 Å². The summed E-state index contributed by atoms with van der Waals surface area (Å²) >= 11 is 13.2. The van der Waals surface area contributed by atoms with E-state index in [0.29, 0.717) is 41.0 Å². The summed E-state index contributed by atoms with van der Waals surface area (Å²) in [5.74, 6) is -0.0935. The lowest BCUT2D eigenvalue weighted by molar-refractivity contribution is -0.137. The van der Waals surface area contributed by atoms with Crippen LogP contribution in [0.5, 0.6) is 5.75 Å². The molecule has 0 bridgehead atoms. The molecule has 5 nitrogen and oxygen atoms in total. The van der Waals surface area contributed by atoms with E-state index in [1.54, 1.807) is 22.7 Å². The Morgan fingerprint density at radius 3 is 2.40 bits per heavy atom. The molecule has 2 aliphatic rings. The first-order valence-electron chi connectivity index (χ1n) is 13.5. The van der Waals surface area contributed by atoms with Gasteiger partial charge >= 0.3 is 12.9 Å². The molecule has 2 aliphatic heterocycles. The van der Waals surface area contributed by atoms with E-state index >= 15 is 8.63 Å². The van der Waals surface area contributed by atoms with E-state index in [2.05, 4.69) is 31.9 Å². The SMILES string of the molecule is O=C(O)CCCCCOc1ccc(C2=C3C=c4sc5cc(Br)sc5c4=[N+]3[B-](F)(F)n3c2cc2sc4cc(Br)sc4c23)cc1. The molecule has 0 fully saturated rings. The lowest BCUT2D eigenvalue weighted by Crippen LogP contribution is -2.56. The molecule has 5 aromatic heterocycles. The van der Waals surface area contributed by atoms with Gasteiger partial charge < -0.3 is 27.4 Å². The summed E-state index contributed by atoms with van der Waals surface area (Å²) in [6, 6.07) is 13.6. The van der Waals surface area contributed by atoms with Crippen LogP contribution in [0.25, 0.3) is 40.7 Å². The van der Waals surface area contributed by atoms with Gasteiger partial charge in [-0.25, -0.2) is 0 Å². The molecular formula is C29H19BBr2F2N2O3S4. The predicted molar refractivity (Wildman–Crippen MR) is 183 cm³/mol. The number of thiophene rings is 4. The van der Waals surface area contributed by atoms with Crippen LogP contribution < -0.4 is 19.1 Å². The van der Waals surface area contributed by atoms with Crippen molar-refractivity contribution in [3.05, 3.63) is 76.9 Å². The maximum Gasteiger partial charge on any atom is 0.738 e. The molecule has 0 saturated heterocycles. The number of carbonyl (C=O) groups is 1. The number of fused-ring (bicyclic) bond motifs is 9. The summed E-state index contributed by atoms with van der Waals surface area (Å²) in [6.45, 7) is -3.72. The second-order valence-corrected chi connectivity index (χ2v) is 17.5. The van der Waals surface area contributed by atoms with Gasteiger partial charge in [-0.05, 0) is 87.0 Å². The number of unbranched alkanes of at least 4 members (excludes halogenated alkanes) is 2. The number of carboxylic acids is 1.